The lowest BCUT2D eigenvalue weighted by Crippen LogP contribution is -2.41. The van der Waals surface area contributed by atoms with E-state index in [0.29, 0.717) is 5.41 Å². The minimum atomic E-state index is 0.562. The molecular formula is C13H26. The molecule has 1 aliphatic rings. The monoisotopic (exact) mass is 182 g/mol. The predicted molar refractivity (Wildman–Crippen MR) is 59.7 cm³/mol. The second-order valence-corrected chi connectivity index (χ2v) is 5.87. The second-order valence-electron chi connectivity index (χ2n) is 5.87. The van der Waals surface area contributed by atoms with Gasteiger partial charge in [-0.15, -0.1) is 0 Å². The highest BCUT2D eigenvalue weighted by Gasteiger charge is 2.41. The molecule has 0 nitrogen and oxygen atoms in total. The van der Waals surface area contributed by atoms with Gasteiger partial charge in [0.2, 0.25) is 0 Å². The standard InChI is InChI=1S/C13H26/c1-7-12-8-13(5,6)11(4)9(2)10(12)3/h9-12H,7-8H2,1-6H3/t9?,10?,11?,12-/m0/s1. The highest BCUT2D eigenvalue weighted by atomic mass is 14.5. The number of hydrogen-bond acceptors (Lipinski definition) is 0. The first kappa shape index (κ1) is 11.1. The molecular weight excluding hydrogens is 156 g/mol. The molecule has 0 saturated heterocycles. The Hall–Kier alpha value is 0. The molecule has 4 atom stereocenters. The fourth-order valence-electron chi connectivity index (χ4n) is 3.16. The van der Waals surface area contributed by atoms with Crippen LogP contribution in [-0.4, -0.2) is 0 Å². The summed E-state index contributed by atoms with van der Waals surface area (Å²) in [6.07, 6.45) is 2.79. The Kier molecular flexibility index (Phi) is 3.09. The van der Waals surface area contributed by atoms with Crippen LogP contribution >= 0.6 is 0 Å². The Morgan fingerprint density at radius 2 is 1.62 bits per heavy atom. The number of rotatable bonds is 1. The summed E-state index contributed by atoms with van der Waals surface area (Å²) in [6.45, 7) is 14.6. The zero-order valence-electron chi connectivity index (χ0n) is 10.2. The molecule has 1 saturated carbocycles. The van der Waals surface area contributed by atoms with Gasteiger partial charge in [0.15, 0.2) is 0 Å². The summed E-state index contributed by atoms with van der Waals surface area (Å²) >= 11 is 0. The molecule has 0 spiro atoms. The van der Waals surface area contributed by atoms with E-state index in [4.69, 9.17) is 0 Å². The highest BCUT2D eigenvalue weighted by Crippen LogP contribution is 2.49. The van der Waals surface area contributed by atoms with Crippen LogP contribution in [0.2, 0.25) is 0 Å². The van der Waals surface area contributed by atoms with Gasteiger partial charge in [-0.1, -0.05) is 48.0 Å². The van der Waals surface area contributed by atoms with Gasteiger partial charge in [-0.25, -0.2) is 0 Å². The maximum Gasteiger partial charge on any atom is -0.0323 e. The van der Waals surface area contributed by atoms with Gasteiger partial charge in [0.1, 0.15) is 0 Å². The van der Waals surface area contributed by atoms with E-state index in [2.05, 4.69) is 41.5 Å². The molecule has 13 heavy (non-hydrogen) atoms. The largest absolute Gasteiger partial charge is 0.0651 e. The summed E-state index contributed by atoms with van der Waals surface area (Å²) in [5, 5.41) is 0. The quantitative estimate of drug-likeness (QED) is 0.565. The van der Waals surface area contributed by atoms with E-state index in [1.165, 1.54) is 12.8 Å². The lowest BCUT2D eigenvalue weighted by atomic mass is 9.57. The molecule has 0 radical (unpaired) electrons. The molecule has 0 N–H and O–H groups in total. The minimum absolute atomic E-state index is 0.562. The summed E-state index contributed by atoms with van der Waals surface area (Å²) in [5.74, 6) is 3.66. The van der Waals surface area contributed by atoms with Crippen LogP contribution in [0, 0.1) is 29.1 Å². The summed E-state index contributed by atoms with van der Waals surface area (Å²) in [7, 11) is 0. The molecule has 1 fully saturated rings. The number of hydrogen-bond donors (Lipinski definition) is 0. The lowest BCUT2D eigenvalue weighted by Gasteiger charge is -2.48. The Morgan fingerprint density at radius 1 is 1.08 bits per heavy atom. The van der Waals surface area contributed by atoms with Gasteiger partial charge in [-0.2, -0.15) is 0 Å². The van der Waals surface area contributed by atoms with Crippen molar-refractivity contribution < 1.29 is 0 Å². The van der Waals surface area contributed by atoms with E-state index < -0.39 is 0 Å². The van der Waals surface area contributed by atoms with Crippen LogP contribution < -0.4 is 0 Å². The smallest absolute Gasteiger partial charge is 0.0323 e. The summed E-state index contributed by atoms with van der Waals surface area (Å²) in [5.41, 5.74) is 0.562. The summed E-state index contributed by atoms with van der Waals surface area (Å²) in [6, 6.07) is 0. The molecule has 0 heterocycles. The van der Waals surface area contributed by atoms with E-state index in [0.717, 1.165) is 23.7 Å². The van der Waals surface area contributed by atoms with Crippen LogP contribution in [0.25, 0.3) is 0 Å². The second kappa shape index (κ2) is 3.63. The van der Waals surface area contributed by atoms with Crippen LogP contribution in [0.1, 0.15) is 54.4 Å². The van der Waals surface area contributed by atoms with Crippen LogP contribution in [0.5, 0.6) is 0 Å². The highest BCUT2D eigenvalue weighted by molar-refractivity contribution is 4.90. The van der Waals surface area contributed by atoms with Crippen molar-refractivity contribution >= 4 is 0 Å². The average molecular weight is 182 g/mol. The van der Waals surface area contributed by atoms with Gasteiger partial charge in [-0.3, -0.25) is 0 Å². The SMILES string of the molecule is CC[C@H]1CC(C)(C)C(C)C(C)C1C. The molecule has 0 amide bonds. The maximum atomic E-state index is 2.45. The van der Waals surface area contributed by atoms with E-state index in [1.54, 1.807) is 0 Å². The van der Waals surface area contributed by atoms with Crippen molar-refractivity contribution in [2.75, 3.05) is 0 Å². The molecule has 0 bridgehead atoms. The fourth-order valence-corrected chi connectivity index (χ4v) is 3.16. The fraction of sp³-hybridized carbons (Fsp3) is 1.00. The van der Waals surface area contributed by atoms with Crippen molar-refractivity contribution in [3.63, 3.8) is 0 Å². The van der Waals surface area contributed by atoms with Crippen molar-refractivity contribution in [3.05, 3.63) is 0 Å². The van der Waals surface area contributed by atoms with E-state index >= 15 is 0 Å². The van der Waals surface area contributed by atoms with E-state index in [-0.39, 0.29) is 0 Å². The molecule has 0 heteroatoms. The lowest BCUT2D eigenvalue weighted by molar-refractivity contribution is 0.00900. The topological polar surface area (TPSA) is 0 Å². The summed E-state index contributed by atoms with van der Waals surface area (Å²) in [4.78, 5) is 0. The van der Waals surface area contributed by atoms with Gasteiger partial charge in [0, 0.05) is 0 Å². The Labute approximate surface area is 84.1 Å². The molecule has 0 aromatic heterocycles. The molecule has 1 rings (SSSR count). The van der Waals surface area contributed by atoms with Crippen LogP contribution in [0.3, 0.4) is 0 Å². The summed E-state index contributed by atoms with van der Waals surface area (Å²) < 4.78 is 0. The van der Waals surface area contributed by atoms with Crippen molar-refractivity contribution in [1.82, 2.24) is 0 Å². The van der Waals surface area contributed by atoms with E-state index in [9.17, 15) is 0 Å². The molecule has 0 aromatic rings. The molecule has 0 aliphatic heterocycles. The van der Waals surface area contributed by atoms with Crippen molar-refractivity contribution in [2.24, 2.45) is 29.1 Å². The zero-order chi connectivity index (χ0) is 10.2. The van der Waals surface area contributed by atoms with Crippen LogP contribution in [0.15, 0.2) is 0 Å². The third-order valence-corrected chi connectivity index (χ3v) is 4.91. The van der Waals surface area contributed by atoms with Crippen molar-refractivity contribution in [2.45, 2.75) is 54.4 Å². The van der Waals surface area contributed by atoms with Crippen molar-refractivity contribution in [1.29, 1.82) is 0 Å². The molecule has 0 aromatic carbocycles. The first-order valence-corrected chi connectivity index (χ1v) is 5.90. The van der Waals surface area contributed by atoms with Crippen molar-refractivity contribution in [3.8, 4) is 0 Å². The zero-order valence-corrected chi connectivity index (χ0v) is 10.2. The van der Waals surface area contributed by atoms with Gasteiger partial charge in [0.05, 0.1) is 0 Å². The van der Waals surface area contributed by atoms with Gasteiger partial charge < -0.3 is 0 Å². The van der Waals surface area contributed by atoms with Gasteiger partial charge in [0.25, 0.3) is 0 Å². The normalized spacial score (nSPS) is 44.8. The molecule has 78 valence electrons. The Morgan fingerprint density at radius 3 is 2.08 bits per heavy atom. The van der Waals surface area contributed by atoms with E-state index in [1.807, 2.05) is 0 Å². The van der Waals surface area contributed by atoms with Crippen LogP contribution in [0.4, 0.5) is 0 Å². The molecule has 3 unspecified atom stereocenters. The minimum Gasteiger partial charge on any atom is -0.0651 e. The first-order chi connectivity index (χ1) is 5.90. The van der Waals surface area contributed by atoms with Crippen LogP contribution in [-0.2, 0) is 0 Å². The third kappa shape index (κ3) is 1.92. The Balaban J connectivity index is 2.79. The van der Waals surface area contributed by atoms with Gasteiger partial charge in [-0.05, 0) is 35.5 Å². The first-order valence-electron chi connectivity index (χ1n) is 5.90. The Bertz CT molecular complexity index is 167. The maximum absolute atomic E-state index is 2.45. The molecule has 1 aliphatic carbocycles. The predicted octanol–water partition coefficient (Wildman–Crippen LogP) is 4.35. The average Bonchev–Trinajstić information content (AvgIpc) is 2.08. The third-order valence-electron chi connectivity index (χ3n) is 4.91. The van der Waals surface area contributed by atoms with Gasteiger partial charge >= 0.3 is 0 Å².